The number of methoxy groups -OCH3 is 1. The molecule has 168 valence electrons. The van der Waals surface area contributed by atoms with Gasteiger partial charge in [0.1, 0.15) is 11.5 Å². The van der Waals surface area contributed by atoms with E-state index in [9.17, 15) is 18.0 Å². The number of furan rings is 1. The summed E-state index contributed by atoms with van der Waals surface area (Å²) in [6.07, 6.45) is 0.317. The van der Waals surface area contributed by atoms with E-state index in [2.05, 4.69) is 10.0 Å². The lowest BCUT2D eigenvalue weighted by Gasteiger charge is -2.14. The van der Waals surface area contributed by atoms with Gasteiger partial charge in [-0.3, -0.25) is 4.79 Å². The number of nitrogens with one attached hydrogen (secondary N) is 2. The second-order valence-electron chi connectivity index (χ2n) is 6.70. The van der Waals surface area contributed by atoms with Gasteiger partial charge in [-0.25, -0.2) is 17.9 Å². The molecule has 2 aromatic carbocycles. The first-order chi connectivity index (χ1) is 15.3. The molecule has 0 aliphatic heterocycles. The number of esters is 1. The SMILES string of the molecule is COc1cccc(NC(=O)C(C)OC(=O)c2cccc(S(=O)(=O)NCc3ccco3)c2)c1. The lowest BCUT2D eigenvalue weighted by Crippen LogP contribution is -2.30. The fraction of sp³-hybridized carbons (Fsp3) is 0.182. The minimum atomic E-state index is -3.89. The summed E-state index contributed by atoms with van der Waals surface area (Å²) in [7, 11) is -2.39. The minimum absolute atomic E-state index is 0.00750. The predicted molar refractivity (Wildman–Crippen MR) is 116 cm³/mol. The third-order valence-electron chi connectivity index (χ3n) is 4.39. The summed E-state index contributed by atoms with van der Waals surface area (Å²) in [4.78, 5) is 24.7. The summed E-state index contributed by atoms with van der Waals surface area (Å²) in [5.74, 6) is -0.372. The van der Waals surface area contributed by atoms with E-state index in [0.29, 0.717) is 17.2 Å². The third-order valence-corrected chi connectivity index (χ3v) is 5.79. The smallest absolute Gasteiger partial charge is 0.338 e. The molecule has 0 aliphatic carbocycles. The van der Waals surface area contributed by atoms with Crippen LogP contribution >= 0.6 is 0 Å². The van der Waals surface area contributed by atoms with Crippen LogP contribution < -0.4 is 14.8 Å². The van der Waals surface area contributed by atoms with Crippen LogP contribution in [0.4, 0.5) is 5.69 Å². The molecule has 0 bridgehead atoms. The van der Waals surface area contributed by atoms with Gasteiger partial charge in [-0.1, -0.05) is 12.1 Å². The standard InChI is InChI=1S/C22H22N2O7S/c1-15(21(25)24-17-7-4-8-18(13-17)29-2)31-22(26)16-6-3-10-20(12-16)32(27,28)23-14-19-9-5-11-30-19/h3-13,15,23H,14H2,1-2H3,(H,24,25). The fourth-order valence-corrected chi connectivity index (χ4v) is 3.72. The first-order valence-corrected chi connectivity index (χ1v) is 11.0. The Morgan fingerprint density at radius 3 is 2.56 bits per heavy atom. The molecule has 1 amide bonds. The Hall–Kier alpha value is -3.63. The number of amides is 1. The van der Waals surface area contributed by atoms with Gasteiger partial charge in [0, 0.05) is 11.8 Å². The molecule has 1 heterocycles. The van der Waals surface area contributed by atoms with Crippen molar-refractivity contribution in [2.75, 3.05) is 12.4 Å². The van der Waals surface area contributed by atoms with Gasteiger partial charge < -0.3 is 19.2 Å². The molecule has 0 aliphatic rings. The maximum absolute atomic E-state index is 12.5. The van der Waals surface area contributed by atoms with E-state index >= 15 is 0 Å². The number of hydrogen-bond donors (Lipinski definition) is 2. The van der Waals surface area contributed by atoms with Crippen molar-refractivity contribution in [2.24, 2.45) is 0 Å². The molecular weight excluding hydrogens is 436 g/mol. The molecular formula is C22H22N2O7S. The molecule has 32 heavy (non-hydrogen) atoms. The van der Waals surface area contributed by atoms with E-state index in [1.165, 1.54) is 44.6 Å². The van der Waals surface area contributed by atoms with E-state index in [1.54, 1.807) is 36.4 Å². The first-order valence-electron chi connectivity index (χ1n) is 9.56. The van der Waals surface area contributed by atoms with Crippen molar-refractivity contribution in [3.05, 3.63) is 78.3 Å². The number of sulfonamides is 1. The molecule has 3 aromatic rings. The number of ether oxygens (including phenoxy) is 2. The summed E-state index contributed by atoms with van der Waals surface area (Å²) in [5.41, 5.74) is 0.472. The number of carbonyl (C=O) groups excluding carboxylic acids is 2. The average molecular weight is 458 g/mol. The van der Waals surface area contributed by atoms with Gasteiger partial charge in [-0.2, -0.15) is 0 Å². The first kappa shape index (κ1) is 23.0. The van der Waals surface area contributed by atoms with Gasteiger partial charge in [0.25, 0.3) is 5.91 Å². The summed E-state index contributed by atoms with van der Waals surface area (Å²) >= 11 is 0. The zero-order chi connectivity index (χ0) is 23.1. The van der Waals surface area contributed by atoms with Gasteiger partial charge in [0.2, 0.25) is 10.0 Å². The Morgan fingerprint density at radius 2 is 1.84 bits per heavy atom. The van der Waals surface area contributed by atoms with Crippen molar-refractivity contribution in [1.82, 2.24) is 4.72 Å². The molecule has 0 fully saturated rings. The molecule has 3 rings (SSSR count). The zero-order valence-corrected chi connectivity index (χ0v) is 18.2. The number of benzene rings is 2. The van der Waals surface area contributed by atoms with Gasteiger partial charge in [0.15, 0.2) is 6.10 Å². The Labute approximate surface area is 185 Å². The molecule has 1 unspecified atom stereocenters. The van der Waals surface area contributed by atoms with Crippen LogP contribution in [0, 0.1) is 0 Å². The van der Waals surface area contributed by atoms with Gasteiger partial charge in [-0.15, -0.1) is 0 Å². The quantitative estimate of drug-likeness (QED) is 0.473. The maximum Gasteiger partial charge on any atom is 0.338 e. The van der Waals surface area contributed by atoms with E-state index in [4.69, 9.17) is 13.9 Å². The fourth-order valence-electron chi connectivity index (χ4n) is 2.68. The summed E-state index contributed by atoms with van der Waals surface area (Å²) in [6, 6.07) is 15.3. The number of anilines is 1. The van der Waals surface area contributed by atoms with Gasteiger partial charge in [0.05, 0.1) is 30.4 Å². The molecule has 0 saturated carbocycles. The molecule has 0 radical (unpaired) electrons. The van der Waals surface area contributed by atoms with Crippen molar-refractivity contribution >= 4 is 27.6 Å². The number of carbonyl (C=O) groups is 2. The molecule has 0 saturated heterocycles. The second-order valence-corrected chi connectivity index (χ2v) is 8.47. The number of rotatable bonds is 9. The second kappa shape index (κ2) is 10.1. The van der Waals surface area contributed by atoms with Crippen LogP contribution in [0.1, 0.15) is 23.0 Å². The Kier molecular flexibility index (Phi) is 7.29. The Balaban J connectivity index is 1.63. The topological polar surface area (TPSA) is 124 Å². The van der Waals surface area contributed by atoms with Gasteiger partial charge in [-0.05, 0) is 49.4 Å². The van der Waals surface area contributed by atoms with E-state index in [-0.39, 0.29) is 17.0 Å². The predicted octanol–water partition coefficient (Wildman–Crippen LogP) is 2.95. The Bertz CT molecular complexity index is 1190. The minimum Gasteiger partial charge on any atom is -0.497 e. The van der Waals surface area contributed by atoms with Crippen molar-refractivity contribution in [1.29, 1.82) is 0 Å². The van der Waals surface area contributed by atoms with Crippen LogP contribution in [0.15, 0.2) is 76.2 Å². The Morgan fingerprint density at radius 1 is 1.06 bits per heavy atom. The lowest BCUT2D eigenvalue weighted by atomic mass is 10.2. The highest BCUT2D eigenvalue weighted by atomic mass is 32.2. The highest BCUT2D eigenvalue weighted by Gasteiger charge is 2.21. The summed E-state index contributed by atoms with van der Waals surface area (Å²) in [5, 5.41) is 2.63. The molecule has 2 N–H and O–H groups in total. The molecule has 9 nitrogen and oxygen atoms in total. The molecule has 0 spiro atoms. The maximum atomic E-state index is 12.5. The van der Waals surface area contributed by atoms with Crippen LogP contribution in [0.25, 0.3) is 0 Å². The average Bonchev–Trinajstić information content (AvgIpc) is 3.32. The summed E-state index contributed by atoms with van der Waals surface area (Å²) in [6.45, 7) is 1.38. The lowest BCUT2D eigenvalue weighted by molar-refractivity contribution is -0.123. The monoisotopic (exact) mass is 458 g/mol. The van der Waals surface area contributed by atoms with Crippen molar-refractivity contribution in [3.8, 4) is 5.75 Å². The van der Waals surface area contributed by atoms with E-state index in [1.807, 2.05) is 0 Å². The van der Waals surface area contributed by atoms with Crippen LogP contribution in [-0.4, -0.2) is 33.5 Å². The highest BCUT2D eigenvalue weighted by Crippen LogP contribution is 2.18. The van der Waals surface area contributed by atoms with Crippen LogP contribution in [-0.2, 0) is 26.1 Å². The van der Waals surface area contributed by atoms with Gasteiger partial charge >= 0.3 is 5.97 Å². The van der Waals surface area contributed by atoms with Crippen LogP contribution in [0.2, 0.25) is 0 Å². The number of hydrogen-bond acceptors (Lipinski definition) is 7. The normalized spacial score (nSPS) is 12.1. The molecule has 10 heteroatoms. The largest absolute Gasteiger partial charge is 0.497 e. The van der Waals surface area contributed by atoms with Crippen LogP contribution in [0.3, 0.4) is 0 Å². The van der Waals surface area contributed by atoms with E-state index in [0.717, 1.165) is 0 Å². The van der Waals surface area contributed by atoms with Crippen molar-refractivity contribution in [3.63, 3.8) is 0 Å². The molecule has 1 aromatic heterocycles. The van der Waals surface area contributed by atoms with Crippen molar-refractivity contribution < 1.29 is 31.9 Å². The van der Waals surface area contributed by atoms with E-state index < -0.39 is 28.0 Å². The highest BCUT2D eigenvalue weighted by molar-refractivity contribution is 7.89. The third kappa shape index (κ3) is 5.96. The van der Waals surface area contributed by atoms with Crippen LogP contribution in [0.5, 0.6) is 5.75 Å². The molecule has 1 atom stereocenters. The zero-order valence-electron chi connectivity index (χ0n) is 17.4. The summed E-state index contributed by atoms with van der Waals surface area (Å²) < 4.78 is 42.8. The van der Waals surface area contributed by atoms with Crippen molar-refractivity contribution in [2.45, 2.75) is 24.5 Å².